The number of pyridine rings is 1. The van der Waals surface area contributed by atoms with Crippen LogP contribution in [0.15, 0.2) is 30.5 Å². The number of anilines is 1. The monoisotopic (exact) mass is 273 g/mol. The maximum absolute atomic E-state index is 11.1. The van der Waals surface area contributed by atoms with Crippen molar-refractivity contribution in [1.82, 2.24) is 4.98 Å². The first-order valence-electron chi connectivity index (χ1n) is 6.86. The number of nitrogens with zero attached hydrogens (tertiary/aromatic N) is 3. The second-order valence-corrected chi connectivity index (χ2v) is 4.97. The number of nitro groups is 1. The summed E-state index contributed by atoms with van der Waals surface area (Å²) in [6.45, 7) is 4.10. The average molecular weight is 273 g/mol. The van der Waals surface area contributed by atoms with E-state index in [0.29, 0.717) is 5.39 Å². The Morgan fingerprint density at radius 1 is 1.25 bits per heavy atom. The minimum Gasteiger partial charge on any atom is -0.364 e. The number of fused-ring (bicyclic) bond motifs is 1. The van der Waals surface area contributed by atoms with Gasteiger partial charge in [0.25, 0.3) is 5.69 Å². The number of nitro benzene ring substituents is 1. The zero-order valence-corrected chi connectivity index (χ0v) is 11.2. The summed E-state index contributed by atoms with van der Waals surface area (Å²) in [6.07, 6.45) is 2.81. The molecule has 20 heavy (non-hydrogen) atoms. The van der Waals surface area contributed by atoms with Crippen LogP contribution in [0.2, 0.25) is 0 Å². The number of nitrogens with two attached hydrogens (primary N) is 1. The van der Waals surface area contributed by atoms with Crippen LogP contribution in [0.3, 0.4) is 0 Å². The van der Waals surface area contributed by atoms with Gasteiger partial charge in [-0.25, -0.2) is 0 Å². The van der Waals surface area contributed by atoms with Crippen LogP contribution in [-0.4, -0.2) is 36.1 Å². The average Bonchev–Trinajstić information content (AvgIpc) is 2.75. The van der Waals surface area contributed by atoms with E-state index >= 15 is 0 Å². The summed E-state index contributed by atoms with van der Waals surface area (Å²) < 4.78 is 0. The molecule has 1 aliphatic heterocycles. The maximum Gasteiger partial charge on any atom is 0.278 e. The first-order valence-corrected chi connectivity index (χ1v) is 6.86. The third-order valence-corrected chi connectivity index (χ3v) is 3.70. The lowest BCUT2D eigenvalue weighted by atomic mass is 10.1. The molecule has 0 saturated carbocycles. The Labute approximate surface area is 116 Å². The lowest BCUT2D eigenvalue weighted by Crippen LogP contribution is -2.84. The molecule has 0 unspecified atom stereocenters. The summed E-state index contributed by atoms with van der Waals surface area (Å²) in [4.78, 5) is 17.4. The van der Waals surface area contributed by atoms with Crippen molar-refractivity contribution in [2.24, 2.45) is 0 Å². The second kappa shape index (κ2) is 5.42. The molecule has 1 aromatic heterocycles. The summed E-state index contributed by atoms with van der Waals surface area (Å²) in [6, 6.07) is 6.94. The molecule has 0 amide bonds. The highest BCUT2D eigenvalue weighted by Crippen LogP contribution is 2.31. The third-order valence-electron chi connectivity index (χ3n) is 3.70. The molecule has 0 spiro atoms. The summed E-state index contributed by atoms with van der Waals surface area (Å²) >= 11 is 0. The molecule has 1 aromatic carbocycles. The summed E-state index contributed by atoms with van der Waals surface area (Å²) in [7, 11) is 0. The van der Waals surface area contributed by atoms with Gasteiger partial charge in [0.1, 0.15) is 5.52 Å². The van der Waals surface area contributed by atoms with E-state index < -0.39 is 0 Å². The fraction of sp³-hybridized carbons (Fsp3) is 0.357. The van der Waals surface area contributed by atoms with Crippen LogP contribution < -0.4 is 10.2 Å². The number of hydrogen-bond acceptors (Lipinski definition) is 4. The fourth-order valence-corrected chi connectivity index (χ4v) is 2.73. The van der Waals surface area contributed by atoms with Crippen LogP contribution >= 0.6 is 0 Å². The molecule has 2 aromatic rings. The summed E-state index contributed by atoms with van der Waals surface area (Å²) in [5, 5.41) is 14.0. The molecule has 6 heteroatoms. The predicted molar refractivity (Wildman–Crippen MR) is 76.9 cm³/mol. The Morgan fingerprint density at radius 2 is 2.15 bits per heavy atom. The lowest BCUT2D eigenvalue weighted by molar-refractivity contribution is -0.650. The summed E-state index contributed by atoms with van der Waals surface area (Å²) in [5.74, 6) is 0. The Hall–Kier alpha value is -2.21. The molecule has 6 nitrogen and oxygen atoms in total. The molecular formula is C14H17N4O2+. The van der Waals surface area contributed by atoms with Crippen molar-refractivity contribution in [3.05, 3.63) is 40.6 Å². The van der Waals surface area contributed by atoms with E-state index in [1.54, 1.807) is 24.4 Å². The molecule has 1 aliphatic rings. The van der Waals surface area contributed by atoms with Gasteiger partial charge in [-0.3, -0.25) is 15.1 Å². The van der Waals surface area contributed by atoms with Crippen molar-refractivity contribution in [2.75, 3.05) is 31.1 Å². The van der Waals surface area contributed by atoms with E-state index in [1.165, 1.54) is 0 Å². The van der Waals surface area contributed by atoms with Crippen LogP contribution in [0.1, 0.15) is 6.42 Å². The Balaban J connectivity index is 2.12. The number of aromatic nitrogens is 1. The van der Waals surface area contributed by atoms with Gasteiger partial charge in [0.15, 0.2) is 0 Å². The molecule has 0 atom stereocenters. The number of hydrogen-bond donors (Lipinski definition) is 1. The third kappa shape index (κ3) is 2.30. The minimum absolute atomic E-state index is 0.123. The molecular weight excluding hydrogens is 256 g/mol. The molecule has 2 N–H and O–H groups in total. The van der Waals surface area contributed by atoms with Gasteiger partial charge in [0, 0.05) is 25.2 Å². The van der Waals surface area contributed by atoms with Crippen molar-refractivity contribution in [1.29, 1.82) is 0 Å². The summed E-state index contributed by atoms with van der Waals surface area (Å²) in [5.41, 5.74) is 1.85. The minimum atomic E-state index is -0.343. The van der Waals surface area contributed by atoms with E-state index in [9.17, 15) is 10.1 Å². The predicted octanol–water partition coefficient (Wildman–Crippen LogP) is 0.916. The van der Waals surface area contributed by atoms with Gasteiger partial charge in [-0.2, -0.15) is 0 Å². The van der Waals surface area contributed by atoms with Gasteiger partial charge in [-0.05, 0) is 18.2 Å². The van der Waals surface area contributed by atoms with Crippen LogP contribution in [0.4, 0.5) is 11.4 Å². The van der Waals surface area contributed by atoms with Crippen molar-refractivity contribution in [2.45, 2.75) is 6.42 Å². The standard InChI is InChI=1S/C14H16N4O2/c19-18(20)12-4-5-13(14-11(12)3-1-7-16-14)17-9-2-6-15-8-10-17/h1,3-5,7,15H,2,6,8-10H2/p+1. The quantitative estimate of drug-likeness (QED) is 0.652. The SMILES string of the molecule is O=[N+]([O-])c1ccc(N2CCC[NH2+]CC2)c2ncccc12. The van der Waals surface area contributed by atoms with Crippen molar-refractivity contribution >= 4 is 22.3 Å². The molecule has 0 radical (unpaired) electrons. The molecule has 3 rings (SSSR count). The van der Waals surface area contributed by atoms with Gasteiger partial charge < -0.3 is 10.2 Å². The first kappa shape index (κ1) is 12.8. The van der Waals surface area contributed by atoms with Crippen LogP contribution in [0.25, 0.3) is 10.9 Å². The Kier molecular flexibility index (Phi) is 3.47. The topological polar surface area (TPSA) is 75.9 Å². The van der Waals surface area contributed by atoms with E-state index in [4.69, 9.17) is 0 Å². The highest BCUT2D eigenvalue weighted by atomic mass is 16.6. The van der Waals surface area contributed by atoms with E-state index in [2.05, 4.69) is 15.2 Å². The Bertz CT molecular complexity index is 636. The molecule has 1 saturated heterocycles. The van der Waals surface area contributed by atoms with E-state index in [-0.39, 0.29) is 10.6 Å². The number of quaternary nitrogens is 1. The number of benzene rings is 1. The van der Waals surface area contributed by atoms with E-state index in [1.807, 2.05) is 6.07 Å². The number of rotatable bonds is 2. The van der Waals surface area contributed by atoms with Crippen LogP contribution in [-0.2, 0) is 0 Å². The first-order chi connectivity index (χ1) is 9.77. The zero-order chi connectivity index (χ0) is 13.9. The van der Waals surface area contributed by atoms with Gasteiger partial charge in [-0.15, -0.1) is 0 Å². The maximum atomic E-state index is 11.1. The van der Waals surface area contributed by atoms with Crippen LogP contribution in [0, 0.1) is 10.1 Å². The molecule has 104 valence electrons. The Morgan fingerprint density at radius 3 is 3.00 bits per heavy atom. The molecule has 0 aliphatic carbocycles. The van der Waals surface area contributed by atoms with Gasteiger partial charge >= 0.3 is 0 Å². The molecule has 2 heterocycles. The van der Waals surface area contributed by atoms with Crippen molar-refractivity contribution < 1.29 is 10.2 Å². The highest BCUT2D eigenvalue weighted by molar-refractivity contribution is 5.97. The van der Waals surface area contributed by atoms with Crippen LogP contribution in [0.5, 0.6) is 0 Å². The van der Waals surface area contributed by atoms with Gasteiger partial charge in [0.05, 0.1) is 35.6 Å². The zero-order valence-electron chi connectivity index (χ0n) is 11.2. The highest BCUT2D eigenvalue weighted by Gasteiger charge is 2.19. The van der Waals surface area contributed by atoms with Crippen molar-refractivity contribution in [3.8, 4) is 0 Å². The lowest BCUT2D eigenvalue weighted by Gasteiger charge is -2.22. The number of non-ortho nitro benzene ring substituents is 1. The second-order valence-electron chi connectivity index (χ2n) is 4.97. The largest absolute Gasteiger partial charge is 0.364 e. The smallest absolute Gasteiger partial charge is 0.278 e. The molecule has 1 fully saturated rings. The van der Waals surface area contributed by atoms with Crippen molar-refractivity contribution in [3.63, 3.8) is 0 Å². The van der Waals surface area contributed by atoms with E-state index in [0.717, 1.165) is 43.8 Å². The normalized spacial score (nSPS) is 16.1. The fourth-order valence-electron chi connectivity index (χ4n) is 2.73. The van der Waals surface area contributed by atoms with Gasteiger partial charge in [-0.1, -0.05) is 0 Å². The van der Waals surface area contributed by atoms with Gasteiger partial charge in [0.2, 0.25) is 0 Å². The molecule has 0 bridgehead atoms.